The first-order valence-electron chi connectivity index (χ1n) is 6.84. The van der Waals surface area contributed by atoms with E-state index < -0.39 is 0 Å². The van der Waals surface area contributed by atoms with E-state index in [4.69, 9.17) is 4.42 Å². The fraction of sp³-hybridized carbons (Fsp3) is 0.714. The van der Waals surface area contributed by atoms with Gasteiger partial charge in [0, 0.05) is 45.1 Å². The van der Waals surface area contributed by atoms with Crippen LogP contribution >= 0.6 is 0 Å². The van der Waals surface area contributed by atoms with Gasteiger partial charge in [0.1, 0.15) is 11.5 Å². The van der Waals surface area contributed by atoms with Gasteiger partial charge in [-0.2, -0.15) is 0 Å². The van der Waals surface area contributed by atoms with Crippen LogP contribution in [0.4, 0.5) is 0 Å². The highest BCUT2D eigenvalue weighted by atomic mass is 16.3. The molecule has 1 saturated heterocycles. The molecule has 2 unspecified atom stereocenters. The van der Waals surface area contributed by atoms with Crippen LogP contribution in [0.3, 0.4) is 0 Å². The second-order valence-corrected chi connectivity index (χ2v) is 5.47. The van der Waals surface area contributed by atoms with Crippen molar-refractivity contribution in [3.05, 3.63) is 23.7 Å². The molecule has 3 heteroatoms. The maximum Gasteiger partial charge on any atom is 0.107 e. The van der Waals surface area contributed by atoms with Gasteiger partial charge in [-0.15, -0.1) is 0 Å². The minimum atomic E-state index is 0.711. The van der Waals surface area contributed by atoms with E-state index in [2.05, 4.69) is 29.3 Å². The molecule has 3 rings (SSSR count). The highest BCUT2D eigenvalue weighted by molar-refractivity contribution is 5.17. The van der Waals surface area contributed by atoms with E-state index >= 15 is 0 Å². The standard InChI is InChI=1S/C14H22N2O/c1-11-10-13(11)14-3-2-12(17-14)4-7-16-8-5-15-6-9-16/h2-3,11,13,15H,4-10H2,1H3. The molecule has 2 heterocycles. The lowest BCUT2D eigenvalue weighted by molar-refractivity contribution is 0.238. The summed E-state index contributed by atoms with van der Waals surface area (Å²) in [5, 5.41) is 3.38. The third-order valence-corrected chi connectivity index (χ3v) is 4.04. The van der Waals surface area contributed by atoms with Gasteiger partial charge in [-0.25, -0.2) is 0 Å². The highest BCUT2D eigenvalue weighted by Gasteiger charge is 2.36. The van der Waals surface area contributed by atoms with Gasteiger partial charge in [-0.1, -0.05) is 6.92 Å². The van der Waals surface area contributed by atoms with Gasteiger partial charge in [0.15, 0.2) is 0 Å². The molecule has 0 amide bonds. The third kappa shape index (κ3) is 2.72. The molecule has 3 nitrogen and oxygen atoms in total. The molecule has 2 aliphatic rings. The number of rotatable bonds is 4. The Labute approximate surface area is 103 Å². The lowest BCUT2D eigenvalue weighted by Gasteiger charge is -2.26. The first-order chi connectivity index (χ1) is 8.33. The molecular formula is C14H22N2O. The first-order valence-corrected chi connectivity index (χ1v) is 6.84. The highest BCUT2D eigenvalue weighted by Crippen LogP contribution is 2.47. The largest absolute Gasteiger partial charge is 0.466 e. The van der Waals surface area contributed by atoms with Gasteiger partial charge < -0.3 is 14.6 Å². The van der Waals surface area contributed by atoms with Crippen molar-refractivity contribution in [3.63, 3.8) is 0 Å². The second kappa shape index (κ2) is 4.83. The summed E-state index contributed by atoms with van der Waals surface area (Å²) < 4.78 is 5.93. The molecule has 2 fully saturated rings. The second-order valence-electron chi connectivity index (χ2n) is 5.47. The van der Waals surface area contributed by atoms with Crippen molar-refractivity contribution < 1.29 is 4.42 Å². The van der Waals surface area contributed by atoms with Crippen LogP contribution in [0.15, 0.2) is 16.5 Å². The normalized spacial score (nSPS) is 29.5. The van der Waals surface area contributed by atoms with Crippen LogP contribution < -0.4 is 5.32 Å². The molecule has 94 valence electrons. The summed E-state index contributed by atoms with van der Waals surface area (Å²) in [6, 6.07) is 4.35. The molecule has 1 aromatic heterocycles. The van der Waals surface area contributed by atoms with Gasteiger partial charge in [-0.3, -0.25) is 0 Å². The summed E-state index contributed by atoms with van der Waals surface area (Å²) in [6.45, 7) is 8.04. The van der Waals surface area contributed by atoms with Crippen molar-refractivity contribution in [2.45, 2.75) is 25.7 Å². The smallest absolute Gasteiger partial charge is 0.107 e. The molecule has 0 bridgehead atoms. The Morgan fingerprint density at radius 3 is 2.82 bits per heavy atom. The zero-order valence-electron chi connectivity index (χ0n) is 10.6. The molecule has 2 atom stereocenters. The Bertz CT molecular complexity index is 368. The quantitative estimate of drug-likeness (QED) is 0.862. The molecule has 0 aromatic carbocycles. The van der Waals surface area contributed by atoms with Crippen LogP contribution in [-0.4, -0.2) is 37.6 Å². The van der Waals surface area contributed by atoms with E-state index in [9.17, 15) is 0 Å². The SMILES string of the molecule is CC1CC1c1ccc(CCN2CCNCC2)o1. The third-order valence-electron chi connectivity index (χ3n) is 4.04. The summed E-state index contributed by atoms with van der Waals surface area (Å²) >= 11 is 0. The number of hydrogen-bond acceptors (Lipinski definition) is 3. The van der Waals surface area contributed by atoms with E-state index in [1.165, 1.54) is 25.3 Å². The van der Waals surface area contributed by atoms with E-state index in [1.807, 2.05) is 0 Å². The molecule has 0 spiro atoms. The fourth-order valence-corrected chi connectivity index (χ4v) is 2.65. The minimum absolute atomic E-state index is 0.711. The van der Waals surface area contributed by atoms with Crippen LogP contribution in [0, 0.1) is 5.92 Å². The fourth-order valence-electron chi connectivity index (χ4n) is 2.65. The number of piperazine rings is 1. The molecule has 1 saturated carbocycles. The maximum atomic E-state index is 5.93. The predicted molar refractivity (Wildman–Crippen MR) is 68.2 cm³/mol. The average Bonchev–Trinajstić information content (AvgIpc) is 2.92. The zero-order valence-corrected chi connectivity index (χ0v) is 10.6. The predicted octanol–water partition coefficient (Wildman–Crippen LogP) is 1.85. The van der Waals surface area contributed by atoms with Gasteiger partial charge in [0.2, 0.25) is 0 Å². The van der Waals surface area contributed by atoms with Crippen molar-refractivity contribution in [1.82, 2.24) is 10.2 Å². The maximum absolute atomic E-state index is 5.93. The van der Waals surface area contributed by atoms with Gasteiger partial charge >= 0.3 is 0 Å². The molecule has 17 heavy (non-hydrogen) atoms. The molecule has 1 aromatic rings. The number of hydrogen-bond donors (Lipinski definition) is 1. The number of furan rings is 1. The van der Waals surface area contributed by atoms with Gasteiger partial charge in [0.05, 0.1) is 0 Å². The topological polar surface area (TPSA) is 28.4 Å². The van der Waals surface area contributed by atoms with Crippen molar-refractivity contribution in [1.29, 1.82) is 0 Å². The van der Waals surface area contributed by atoms with Crippen LogP contribution in [0.25, 0.3) is 0 Å². The van der Waals surface area contributed by atoms with Crippen molar-refractivity contribution >= 4 is 0 Å². The van der Waals surface area contributed by atoms with Crippen LogP contribution in [-0.2, 0) is 6.42 Å². The monoisotopic (exact) mass is 234 g/mol. The van der Waals surface area contributed by atoms with E-state index in [0.29, 0.717) is 5.92 Å². The Morgan fingerprint density at radius 1 is 1.35 bits per heavy atom. The molecule has 1 aliphatic heterocycles. The van der Waals surface area contributed by atoms with Crippen LogP contribution in [0.5, 0.6) is 0 Å². The van der Waals surface area contributed by atoms with E-state index in [0.717, 1.165) is 37.7 Å². The minimum Gasteiger partial charge on any atom is -0.466 e. The van der Waals surface area contributed by atoms with E-state index in [1.54, 1.807) is 0 Å². The molecule has 1 N–H and O–H groups in total. The summed E-state index contributed by atoms with van der Waals surface area (Å²) in [6.07, 6.45) is 2.37. The summed E-state index contributed by atoms with van der Waals surface area (Å²) in [5.41, 5.74) is 0. The van der Waals surface area contributed by atoms with Crippen molar-refractivity contribution in [2.75, 3.05) is 32.7 Å². The lowest BCUT2D eigenvalue weighted by atomic mass is 10.2. The lowest BCUT2D eigenvalue weighted by Crippen LogP contribution is -2.44. The summed E-state index contributed by atoms with van der Waals surface area (Å²) in [4.78, 5) is 2.51. The summed E-state index contributed by atoms with van der Waals surface area (Å²) in [5.74, 6) is 3.93. The Hall–Kier alpha value is -0.800. The van der Waals surface area contributed by atoms with Crippen LogP contribution in [0.2, 0.25) is 0 Å². The molecule has 0 radical (unpaired) electrons. The number of nitrogens with one attached hydrogen (secondary N) is 1. The number of nitrogens with zero attached hydrogens (tertiary/aromatic N) is 1. The first kappa shape index (κ1) is 11.3. The zero-order chi connectivity index (χ0) is 11.7. The van der Waals surface area contributed by atoms with Gasteiger partial charge in [-0.05, 0) is 24.5 Å². The van der Waals surface area contributed by atoms with Crippen molar-refractivity contribution in [3.8, 4) is 0 Å². The van der Waals surface area contributed by atoms with Crippen LogP contribution in [0.1, 0.15) is 30.8 Å². The Kier molecular flexibility index (Phi) is 3.21. The summed E-state index contributed by atoms with van der Waals surface area (Å²) in [7, 11) is 0. The van der Waals surface area contributed by atoms with Crippen molar-refractivity contribution in [2.24, 2.45) is 5.92 Å². The van der Waals surface area contributed by atoms with E-state index in [-0.39, 0.29) is 0 Å². The average molecular weight is 234 g/mol. The Morgan fingerprint density at radius 2 is 2.12 bits per heavy atom. The Balaban J connectivity index is 1.49. The van der Waals surface area contributed by atoms with Gasteiger partial charge in [0.25, 0.3) is 0 Å². The molecular weight excluding hydrogens is 212 g/mol. The molecule has 1 aliphatic carbocycles.